The Bertz CT molecular complexity index is 797. The number of hydrogen-bond donors (Lipinski definition) is 2. The fourth-order valence-corrected chi connectivity index (χ4v) is 2.10. The van der Waals surface area contributed by atoms with Gasteiger partial charge in [-0.15, -0.1) is 5.92 Å². The van der Waals surface area contributed by atoms with Gasteiger partial charge in [-0.2, -0.15) is 4.39 Å². The minimum atomic E-state index is -0.720. The Kier molecular flexibility index (Phi) is 6.78. The molecule has 1 aromatic carbocycles. The first-order chi connectivity index (χ1) is 12.1. The number of halogens is 1. The lowest BCUT2D eigenvalue weighted by Gasteiger charge is -2.09. The van der Waals surface area contributed by atoms with E-state index in [-0.39, 0.29) is 11.4 Å². The number of ether oxygens (including phenoxy) is 1. The Balaban J connectivity index is 1.90. The van der Waals surface area contributed by atoms with Crippen molar-refractivity contribution < 1.29 is 13.9 Å². The zero-order valence-electron chi connectivity index (χ0n) is 14.0. The van der Waals surface area contributed by atoms with Crippen molar-refractivity contribution in [2.75, 3.05) is 12.3 Å². The molecule has 6 heteroatoms. The quantitative estimate of drug-likeness (QED) is 0.481. The van der Waals surface area contributed by atoms with E-state index in [1.54, 1.807) is 0 Å². The lowest BCUT2D eigenvalue weighted by Crippen LogP contribution is -2.24. The van der Waals surface area contributed by atoms with Crippen LogP contribution in [0.15, 0.2) is 36.4 Å². The van der Waals surface area contributed by atoms with Crippen molar-refractivity contribution >= 4 is 11.7 Å². The molecule has 0 saturated carbocycles. The smallest absolute Gasteiger partial charge is 0.255 e. The van der Waals surface area contributed by atoms with Crippen LogP contribution in [0.5, 0.6) is 5.75 Å². The summed E-state index contributed by atoms with van der Waals surface area (Å²) < 4.78 is 18.6. The average Bonchev–Trinajstić information content (AvgIpc) is 2.60. The van der Waals surface area contributed by atoms with Gasteiger partial charge in [-0.1, -0.05) is 25.0 Å². The normalized spacial score (nSPS) is 9.84. The van der Waals surface area contributed by atoms with E-state index < -0.39 is 11.9 Å². The van der Waals surface area contributed by atoms with E-state index in [1.807, 2.05) is 31.2 Å². The van der Waals surface area contributed by atoms with E-state index >= 15 is 0 Å². The van der Waals surface area contributed by atoms with Gasteiger partial charge in [0, 0.05) is 19.4 Å². The molecule has 2 rings (SSSR count). The van der Waals surface area contributed by atoms with Gasteiger partial charge in [0.1, 0.15) is 11.6 Å². The number of aromatic nitrogens is 1. The summed E-state index contributed by atoms with van der Waals surface area (Å²) in [7, 11) is 0. The van der Waals surface area contributed by atoms with Gasteiger partial charge in [0.05, 0.1) is 12.2 Å². The number of amides is 1. The first-order valence-corrected chi connectivity index (χ1v) is 7.98. The fraction of sp³-hybridized carbons (Fsp3) is 0.263. The molecular formula is C19H20FN3O2. The molecule has 0 aliphatic heterocycles. The number of anilines is 1. The van der Waals surface area contributed by atoms with Gasteiger partial charge in [-0.3, -0.25) is 4.79 Å². The third-order valence-electron chi connectivity index (χ3n) is 3.28. The molecule has 0 radical (unpaired) electrons. The summed E-state index contributed by atoms with van der Waals surface area (Å²) in [5.74, 6) is 5.45. The highest BCUT2D eigenvalue weighted by molar-refractivity contribution is 5.98. The van der Waals surface area contributed by atoms with Gasteiger partial charge in [0.2, 0.25) is 5.95 Å². The molecule has 1 aromatic heterocycles. The monoisotopic (exact) mass is 341 g/mol. The maximum atomic E-state index is 12.9. The predicted octanol–water partition coefficient (Wildman–Crippen LogP) is 2.92. The number of nitrogens with two attached hydrogens (primary N) is 1. The number of nitrogens with one attached hydrogen (secondary N) is 1. The molecule has 0 bridgehead atoms. The highest BCUT2D eigenvalue weighted by Crippen LogP contribution is 2.14. The molecule has 0 saturated heterocycles. The lowest BCUT2D eigenvalue weighted by atomic mass is 10.2. The fourth-order valence-electron chi connectivity index (χ4n) is 2.10. The second-order valence-corrected chi connectivity index (χ2v) is 5.20. The van der Waals surface area contributed by atoms with Gasteiger partial charge >= 0.3 is 0 Å². The molecule has 2 aromatic rings. The number of carbonyl (C=O) groups excluding carboxylic acids is 1. The molecule has 1 amide bonds. The first kappa shape index (κ1) is 18.3. The standard InChI is InChI=1S/C19H20FN3O2/c1-2-3-4-5-11-25-15-8-6-7-14(12-15)13-22-19(24)16-9-10-17(20)23-18(16)21/h6-10,12H,2,5,11,13H2,1H3,(H2,21,23)(H,22,24). The van der Waals surface area contributed by atoms with Crippen LogP contribution in [0.3, 0.4) is 0 Å². The summed E-state index contributed by atoms with van der Waals surface area (Å²) in [6.45, 7) is 2.81. The number of nitrogens with zero attached hydrogens (tertiary/aromatic N) is 1. The Hall–Kier alpha value is -3.07. The van der Waals surface area contributed by atoms with Crippen molar-refractivity contribution in [2.24, 2.45) is 0 Å². The van der Waals surface area contributed by atoms with Crippen molar-refractivity contribution in [3.63, 3.8) is 0 Å². The van der Waals surface area contributed by atoms with Crippen molar-refractivity contribution in [1.29, 1.82) is 0 Å². The Morgan fingerprint density at radius 3 is 2.92 bits per heavy atom. The summed E-state index contributed by atoms with van der Waals surface area (Å²) in [5.41, 5.74) is 6.58. The molecule has 0 aliphatic rings. The van der Waals surface area contributed by atoms with Crippen LogP contribution in [0.2, 0.25) is 0 Å². The Labute approximate surface area is 146 Å². The van der Waals surface area contributed by atoms with Crippen molar-refractivity contribution in [2.45, 2.75) is 26.3 Å². The summed E-state index contributed by atoms with van der Waals surface area (Å²) in [6.07, 6.45) is 1.51. The Morgan fingerprint density at radius 2 is 2.16 bits per heavy atom. The van der Waals surface area contributed by atoms with Crippen molar-refractivity contribution in [1.82, 2.24) is 10.3 Å². The summed E-state index contributed by atoms with van der Waals surface area (Å²) >= 11 is 0. The number of pyridine rings is 1. The summed E-state index contributed by atoms with van der Waals surface area (Å²) in [4.78, 5) is 15.5. The van der Waals surface area contributed by atoms with E-state index in [0.29, 0.717) is 25.3 Å². The van der Waals surface area contributed by atoms with Gasteiger partial charge in [-0.05, 0) is 29.8 Å². The molecule has 25 heavy (non-hydrogen) atoms. The second kappa shape index (κ2) is 9.28. The number of rotatable bonds is 6. The SMILES string of the molecule is CCC#CCCOc1cccc(CNC(=O)c2ccc(F)nc2N)c1. The van der Waals surface area contributed by atoms with E-state index in [1.165, 1.54) is 6.07 Å². The van der Waals surface area contributed by atoms with E-state index in [4.69, 9.17) is 10.5 Å². The molecule has 0 unspecified atom stereocenters. The van der Waals surface area contributed by atoms with Crippen LogP contribution in [0.25, 0.3) is 0 Å². The minimum absolute atomic E-state index is 0.136. The van der Waals surface area contributed by atoms with Gasteiger partial charge in [0.25, 0.3) is 5.91 Å². The van der Waals surface area contributed by atoms with Gasteiger partial charge < -0.3 is 15.8 Å². The van der Waals surface area contributed by atoms with Crippen molar-refractivity contribution in [3.05, 3.63) is 53.5 Å². The van der Waals surface area contributed by atoms with Crippen LogP contribution in [0.1, 0.15) is 35.7 Å². The highest BCUT2D eigenvalue weighted by atomic mass is 19.1. The molecular weight excluding hydrogens is 321 g/mol. The van der Waals surface area contributed by atoms with E-state index in [9.17, 15) is 9.18 Å². The summed E-state index contributed by atoms with van der Waals surface area (Å²) in [6, 6.07) is 9.82. The third-order valence-corrected chi connectivity index (χ3v) is 3.28. The maximum Gasteiger partial charge on any atom is 0.255 e. The highest BCUT2D eigenvalue weighted by Gasteiger charge is 2.11. The molecule has 0 atom stereocenters. The number of hydrogen-bond acceptors (Lipinski definition) is 4. The topological polar surface area (TPSA) is 77.2 Å². The number of carbonyl (C=O) groups is 1. The van der Waals surface area contributed by atoms with Gasteiger partial charge in [-0.25, -0.2) is 4.98 Å². The molecule has 0 fully saturated rings. The van der Waals surface area contributed by atoms with Crippen LogP contribution in [-0.2, 0) is 6.54 Å². The molecule has 0 aliphatic carbocycles. The molecule has 0 spiro atoms. The summed E-state index contributed by atoms with van der Waals surface area (Å²) in [5, 5.41) is 2.73. The van der Waals surface area contributed by atoms with Crippen LogP contribution in [0, 0.1) is 17.8 Å². The van der Waals surface area contributed by atoms with Crippen LogP contribution in [-0.4, -0.2) is 17.5 Å². The largest absolute Gasteiger partial charge is 0.493 e. The Morgan fingerprint density at radius 1 is 1.32 bits per heavy atom. The molecule has 5 nitrogen and oxygen atoms in total. The molecule has 130 valence electrons. The van der Waals surface area contributed by atoms with E-state index in [2.05, 4.69) is 22.1 Å². The number of nitrogen functional groups attached to an aromatic ring is 1. The number of benzene rings is 1. The minimum Gasteiger partial charge on any atom is -0.493 e. The third kappa shape index (κ3) is 5.81. The second-order valence-electron chi connectivity index (χ2n) is 5.20. The lowest BCUT2D eigenvalue weighted by molar-refractivity contribution is 0.0951. The zero-order valence-corrected chi connectivity index (χ0v) is 14.0. The van der Waals surface area contributed by atoms with Crippen LogP contribution >= 0.6 is 0 Å². The first-order valence-electron chi connectivity index (χ1n) is 7.98. The van der Waals surface area contributed by atoms with Crippen LogP contribution < -0.4 is 15.8 Å². The van der Waals surface area contributed by atoms with Crippen LogP contribution in [0.4, 0.5) is 10.2 Å². The maximum absolute atomic E-state index is 12.9. The molecule has 3 N–H and O–H groups in total. The average molecular weight is 341 g/mol. The van der Waals surface area contributed by atoms with Gasteiger partial charge in [0.15, 0.2) is 0 Å². The van der Waals surface area contributed by atoms with Crippen molar-refractivity contribution in [3.8, 4) is 17.6 Å². The molecule has 1 heterocycles. The van der Waals surface area contributed by atoms with E-state index in [0.717, 1.165) is 18.1 Å². The predicted molar refractivity (Wildman–Crippen MR) is 94.4 cm³/mol. The zero-order chi connectivity index (χ0) is 18.1.